The summed E-state index contributed by atoms with van der Waals surface area (Å²) in [6, 6.07) is 10.6. The van der Waals surface area contributed by atoms with Crippen LogP contribution in [0.3, 0.4) is 0 Å². The van der Waals surface area contributed by atoms with E-state index < -0.39 is 0 Å². The van der Waals surface area contributed by atoms with Crippen LogP contribution >= 0.6 is 0 Å². The van der Waals surface area contributed by atoms with Gasteiger partial charge in [0.05, 0.1) is 0 Å². The van der Waals surface area contributed by atoms with Gasteiger partial charge in [0, 0.05) is 6.42 Å². The van der Waals surface area contributed by atoms with Crippen LogP contribution in [-0.4, -0.2) is 5.78 Å². The summed E-state index contributed by atoms with van der Waals surface area (Å²) in [7, 11) is 0. The fourth-order valence-corrected chi connectivity index (χ4v) is 2.29. The van der Waals surface area contributed by atoms with Crippen molar-refractivity contribution in [3.8, 4) is 0 Å². The Morgan fingerprint density at radius 1 is 1.22 bits per heavy atom. The second-order valence-electron chi connectivity index (χ2n) is 4.92. The minimum absolute atomic E-state index is 0.293. The molecule has 0 radical (unpaired) electrons. The summed E-state index contributed by atoms with van der Waals surface area (Å²) in [5.74, 6) is 0.726. The Hall–Kier alpha value is -1.37. The lowest BCUT2D eigenvalue weighted by Crippen LogP contribution is -2.03. The lowest BCUT2D eigenvalue weighted by Gasteiger charge is -2.10. The zero-order valence-electron chi connectivity index (χ0n) is 11.6. The molecule has 18 heavy (non-hydrogen) atoms. The highest BCUT2D eigenvalue weighted by molar-refractivity contribution is 5.75. The number of aryl methyl sites for hydroxylation is 1. The Kier molecular flexibility index (Phi) is 7.09. The number of hydrogen-bond donors (Lipinski definition) is 0. The predicted molar refractivity (Wildman–Crippen MR) is 77.6 cm³/mol. The van der Waals surface area contributed by atoms with E-state index in [9.17, 15) is 4.79 Å². The highest BCUT2D eigenvalue weighted by atomic mass is 16.1. The second kappa shape index (κ2) is 8.68. The molecule has 0 unspecified atom stereocenters. The molecule has 98 valence electrons. The number of allylic oxidation sites excluding steroid dienone is 2. The van der Waals surface area contributed by atoms with Gasteiger partial charge in [-0.15, -0.1) is 0 Å². The number of rotatable bonds is 8. The van der Waals surface area contributed by atoms with Crippen LogP contribution in [0.1, 0.15) is 45.1 Å². The number of Topliss-reactive ketones (excluding diaryl/α,β-unsaturated/α-hetero) is 1. The molecule has 0 aromatic heterocycles. The summed E-state index contributed by atoms with van der Waals surface area (Å²) in [4.78, 5) is 11.1. The smallest absolute Gasteiger partial charge is 0.130 e. The van der Waals surface area contributed by atoms with E-state index in [0.717, 1.165) is 12.8 Å². The molecule has 1 rings (SSSR count). The molecule has 1 aromatic carbocycles. The van der Waals surface area contributed by atoms with Crippen molar-refractivity contribution >= 4 is 5.78 Å². The third-order valence-electron chi connectivity index (χ3n) is 3.15. The van der Waals surface area contributed by atoms with Gasteiger partial charge in [0.25, 0.3) is 0 Å². The van der Waals surface area contributed by atoms with Gasteiger partial charge in [-0.3, -0.25) is 0 Å². The monoisotopic (exact) mass is 244 g/mol. The molecule has 1 nitrogen and oxygen atoms in total. The van der Waals surface area contributed by atoms with Gasteiger partial charge in [0.1, 0.15) is 5.78 Å². The minimum Gasteiger partial charge on any atom is -0.300 e. The minimum atomic E-state index is 0.293. The summed E-state index contributed by atoms with van der Waals surface area (Å²) in [5.41, 5.74) is 1.41. The Morgan fingerprint density at radius 3 is 2.56 bits per heavy atom. The summed E-state index contributed by atoms with van der Waals surface area (Å²) in [6.45, 7) is 3.71. The average molecular weight is 244 g/mol. The Morgan fingerprint density at radius 2 is 1.94 bits per heavy atom. The molecule has 0 N–H and O–H groups in total. The first-order valence-corrected chi connectivity index (χ1v) is 6.88. The molecule has 0 saturated heterocycles. The lowest BCUT2D eigenvalue weighted by atomic mass is 9.95. The third kappa shape index (κ3) is 6.39. The van der Waals surface area contributed by atoms with Crippen molar-refractivity contribution in [2.75, 3.05) is 0 Å². The van der Waals surface area contributed by atoms with Crippen LogP contribution in [0.5, 0.6) is 0 Å². The number of unbranched alkanes of at least 4 members (excludes halogenated alkanes) is 1. The maximum Gasteiger partial charge on any atom is 0.130 e. The summed E-state index contributed by atoms with van der Waals surface area (Å²) in [5, 5.41) is 0. The highest BCUT2D eigenvalue weighted by Gasteiger charge is 2.07. The van der Waals surface area contributed by atoms with E-state index in [4.69, 9.17) is 0 Å². The molecule has 0 spiro atoms. The Bertz CT molecular complexity index is 364. The Labute approximate surface area is 111 Å². The molecule has 0 heterocycles. The van der Waals surface area contributed by atoms with Crippen LogP contribution in [0.2, 0.25) is 0 Å². The van der Waals surface area contributed by atoms with Crippen LogP contribution < -0.4 is 0 Å². The summed E-state index contributed by atoms with van der Waals surface area (Å²) < 4.78 is 0. The lowest BCUT2D eigenvalue weighted by molar-refractivity contribution is -0.117. The second-order valence-corrected chi connectivity index (χ2v) is 4.92. The van der Waals surface area contributed by atoms with E-state index in [1.165, 1.54) is 18.4 Å². The molecule has 1 atom stereocenters. The first-order chi connectivity index (χ1) is 8.72. The van der Waals surface area contributed by atoms with Crippen molar-refractivity contribution in [3.05, 3.63) is 48.0 Å². The zero-order chi connectivity index (χ0) is 13.2. The van der Waals surface area contributed by atoms with Crippen molar-refractivity contribution in [1.82, 2.24) is 0 Å². The number of carbonyl (C=O) groups is 1. The quantitative estimate of drug-likeness (QED) is 0.483. The van der Waals surface area contributed by atoms with E-state index in [1.54, 1.807) is 6.92 Å². The Balaban J connectivity index is 2.24. The predicted octanol–water partition coefficient (Wildman–Crippen LogP) is 4.57. The first kappa shape index (κ1) is 14.7. The molecule has 0 bridgehead atoms. The van der Waals surface area contributed by atoms with Crippen molar-refractivity contribution in [1.29, 1.82) is 0 Å². The van der Waals surface area contributed by atoms with Crippen molar-refractivity contribution in [2.45, 2.75) is 46.0 Å². The van der Waals surface area contributed by atoms with E-state index in [-0.39, 0.29) is 0 Å². The van der Waals surface area contributed by atoms with E-state index in [2.05, 4.69) is 42.5 Å². The van der Waals surface area contributed by atoms with Crippen molar-refractivity contribution in [2.24, 2.45) is 5.92 Å². The summed E-state index contributed by atoms with van der Waals surface area (Å²) >= 11 is 0. The van der Waals surface area contributed by atoms with E-state index in [0.29, 0.717) is 18.1 Å². The summed E-state index contributed by atoms with van der Waals surface area (Å²) in [6.07, 6.45) is 9.58. The topological polar surface area (TPSA) is 17.1 Å². The molecule has 0 saturated carbocycles. The SMILES string of the molecule is C/C=C/[C@@H](CCCCc1ccccc1)CC(C)=O. The number of hydrogen-bond acceptors (Lipinski definition) is 1. The molecular weight excluding hydrogens is 220 g/mol. The highest BCUT2D eigenvalue weighted by Crippen LogP contribution is 2.16. The van der Waals surface area contributed by atoms with Gasteiger partial charge in [-0.2, -0.15) is 0 Å². The largest absolute Gasteiger partial charge is 0.300 e. The van der Waals surface area contributed by atoms with E-state index in [1.807, 2.05) is 6.92 Å². The van der Waals surface area contributed by atoms with Crippen LogP contribution in [0.4, 0.5) is 0 Å². The van der Waals surface area contributed by atoms with Gasteiger partial charge in [-0.25, -0.2) is 0 Å². The molecule has 0 aliphatic heterocycles. The van der Waals surface area contributed by atoms with Crippen LogP contribution in [-0.2, 0) is 11.2 Å². The fourth-order valence-electron chi connectivity index (χ4n) is 2.29. The maximum atomic E-state index is 11.1. The average Bonchev–Trinajstić information content (AvgIpc) is 2.35. The third-order valence-corrected chi connectivity index (χ3v) is 3.15. The van der Waals surface area contributed by atoms with Crippen LogP contribution in [0, 0.1) is 5.92 Å². The molecule has 0 aliphatic rings. The first-order valence-electron chi connectivity index (χ1n) is 6.88. The fraction of sp³-hybridized carbons (Fsp3) is 0.471. The normalized spacial score (nSPS) is 12.8. The number of ketones is 1. The van der Waals surface area contributed by atoms with Crippen molar-refractivity contribution < 1.29 is 4.79 Å². The zero-order valence-corrected chi connectivity index (χ0v) is 11.6. The van der Waals surface area contributed by atoms with Gasteiger partial charge in [0.15, 0.2) is 0 Å². The van der Waals surface area contributed by atoms with Gasteiger partial charge < -0.3 is 4.79 Å². The molecule has 1 aromatic rings. The number of benzene rings is 1. The number of carbonyl (C=O) groups excluding carboxylic acids is 1. The molecular formula is C17H24O. The van der Waals surface area contributed by atoms with E-state index >= 15 is 0 Å². The molecule has 0 aliphatic carbocycles. The van der Waals surface area contributed by atoms with Gasteiger partial charge in [-0.05, 0) is 44.6 Å². The van der Waals surface area contributed by atoms with Gasteiger partial charge in [-0.1, -0.05) is 48.9 Å². The van der Waals surface area contributed by atoms with Gasteiger partial charge in [0.2, 0.25) is 0 Å². The van der Waals surface area contributed by atoms with Gasteiger partial charge >= 0.3 is 0 Å². The molecule has 0 fully saturated rings. The van der Waals surface area contributed by atoms with Crippen molar-refractivity contribution in [3.63, 3.8) is 0 Å². The molecule has 0 amide bonds. The molecule has 1 heteroatoms. The van der Waals surface area contributed by atoms with Crippen LogP contribution in [0.25, 0.3) is 0 Å². The standard InChI is InChI=1S/C17H24O/c1-3-9-17(14-15(2)18)13-8-7-12-16-10-5-4-6-11-16/h3-6,9-11,17H,7-8,12-14H2,1-2H3/b9-3+/t17-/m0/s1. The maximum absolute atomic E-state index is 11.1. The van der Waals surface area contributed by atoms with Crippen LogP contribution in [0.15, 0.2) is 42.5 Å².